The molecule has 1 saturated carbocycles. The van der Waals surface area contributed by atoms with Crippen LogP contribution in [0, 0.1) is 0 Å². The monoisotopic (exact) mass is 332 g/mol. The zero-order valence-electron chi connectivity index (χ0n) is 11.8. The van der Waals surface area contributed by atoms with Crippen molar-refractivity contribution in [1.82, 2.24) is 14.6 Å². The lowest BCUT2D eigenvalue weighted by Crippen LogP contribution is -2.06. The third kappa shape index (κ3) is 2.64. The van der Waals surface area contributed by atoms with Crippen LogP contribution in [0.15, 0.2) is 36.5 Å². The first-order valence-corrected chi connectivity index (χ1v) is 7.99. The van der Waals surface area contributed by atoms with Gasteiger partial charge in [0.25, 0.3) is 0 Å². The molecule has 0 amide bonds. The minimum Gasteiger partial charge on any atom is -0.366 e. The van der Waals surface area contributed by atoms with Gasteiger partial charge in [-0.3, -0.25) is 0 Å². The van der Waals surface area contributed by atoms with Crippen molar-refractivity contribution >= 4 is 34.7 Å². The molecule has 1 fully saturated rings. The molecular formula is C16H14Cl2N4. The lowest BCUT2D eigenvalue weighted by molar-refractivity contribution is 0.925. The number of fused-ring (bicyclic) bond motifs is 1. The van der Waals surface area contributed by atoms with Crippen LogP contribution >= 0.6 is 23.2 Å². The van der Waals surface area contributed by atoms with E-state index in [9.17, 15) is 0 Å². The van der Waals surface area contributed by atoms with Crippen molar-refractivity contribution in [3.63, 3.8) is 0 Å². The lowest BCUT2D eigenvalue weighted by atomic mass is 10.2. The largest absolute Gasteiger partial charge is 0.366 e. The summed E-state index contributed by atoms with van der Waals surface area (Å²) in [5, 5.41) is 9.02. The summed E-state index contributed by atoms with van der Waals surface area (Å²) in [6, 6.07) is 9.56. The molecule has 0 unspecified atom stereocenters. The van der Waals surface area contributed by atoms with Gasteiger partial charge in [0.2, 0.25) is 0 Å². The van der Waals surface area contributed by atoms with Gasteiger partial charge in [-0.15, -0.1) is 0 Å². The van der Waals surface area contributed by atoms with Gasteiger partial charge in [-0.25, -0.2) is 4.98 Å². The highest BCUT2D eigenvalue weighted by Gasteiger charge is 2.28. The maximum Gasteiger partial charge on any atom is 0.162 e. The lowest BCUT2D eigenvalue weighted by Gasteiger charge is -2.09. The molecule has 4 nitrogen and oxygen atoms in total. The molecule has 2 heterocycles. The Hall–Kier alpha value is -1.78. The summed E-state index contributed by atoms with van der Waals surface area (Å²) in [5.41, 5.74) is 3.14. The van der Waals surface area contributed by atoms with Crippen molar-refractivity contribution in [3.8, 4) is 0 Å². The first-order chi connectivity index (χ1) is 10.7. The first-order valence-electron chi connectivity index (χ1n) is 7.23. The van der Waals surface area contributed by atoms with E-state index in [1.54, 1.807) is 6.07 Å². The Morgan fingerprint density at radius 2 is 2.09 bits per heavy atom. The zero-order chi connectivity index (χ0) is 15.1. The van der Waals surface area contributed by atoms with Crippen molar-refractivity contribution in [2.45, 2.75) is 25.3 Å². The van der Waals surface area contributed by atoms with E-state index in [4.69, 9.17) is 23.2 Å². The second-order valence-electron chi connectivity index (χ2n) is 5.56. The van der Waals surface area contributed by atoms with Crippen LogP contribution in [0.2, 0.25) is 10.2 Å². The number of halogens is 2. The van der Waals surface area contributed by atoms with Crippen molar-refractivity contribution in [1.29, 1.82) is 0 Å². The minimum atomic E-state index is 0.475. The molecule has 4 rings (SSSR count). The van der Waals surface area contributed by atoms with E-state index in [0.29, 0.717) is 17.6 Å². The second kappa shape index (κ2) is 5.45. The van der Waals surface area contributed by atoms with Gasteiger partial charge in [0.05, 0.1) is 6.20 Å². The molecule has 1 N–H and O–H groups in total. The number of benzene rings is 1. The summed E-state index contributed by atoms with van der Waals surface area (Å²) >= 11 is 12.2. The van der Waals surface area contributed by atoms with Crippen molar-refractivity contribution in [2.24, 2.45) is 0 Å². The normalized spacial score (nSPS) is 14.5. The van der Waals surface area contributed by atoms with Crippen LogP contribution in [0.25, 0.3) is 5.65 Å². The van der Waals surface area contributed by atoms with E-state index in [-0.39, 0.29) is 0 Å². The molecule has 0 aliphatic heterocycles. The van der Waals surface area contributed by atoms with Crippen molar-refractivity contribution < 1.29 is 0 Å². The predicted molar refractivity (Wildman–Crippen MR) is 88.8 cm³/mol. The average Bonchev–Trinajstić information content (AvgIpc) is 3.25. The Morgan fingerprint density at radius 3 is 2.86 bits per heavy atom. The quantitative estimate of drug-likeness (QED) is 0.714. The summed E-state index contributed by atoms with van der Waals surface area (Å²) in [6.07, 6.45) is 4.32. The number of rotatable bonds is 4. The summed E-state index contributed by atoms with van der Waals surface area (Å²) in [6.45, 7) is 0.647. The van der Waals surface area contributed by atoms with Crippen LogP contribution in [-0.2, 0) is 6.54 Å². The van der Waals surface area contributed by atoms with Crippen LogP contribution < -0.4 is 5.32 Å². The van der Waals surface area contributed by atoms with Gasteiger partial charge in [0, 0.05) is 23.2 Å². The van der Waals surface area contributed by atoms with E-state index in [0.717, 1.165) is 22.1 Å². The Labute approximate surface area is 138 Å². The first kappa shape index (κ1) is 13.9. The molecule has 22 heavy (non-hydrogen) atoms. The number of nitrogens with zero attached hydrogens (tertiary/aromatic N) is 3. The van der Waals surface area contributed by atoms with Crippen LogP contribution in [0.5, 0.6) is 0 Å². The second-order valence-corrected chi connectivity index (χ2v) is 6.38. The van der Waals surface area contributed by atoms with Gasteiger partial charge in [-0.05, 0) is 36.5 Å². The van der Waals surface area contributed by atoms with Gasteiger partial charge in [-0.1, -0.05) is 35.3 Å². The van der Waals surface area contributed by atoms with Crippen LogP contribution in [0.4, 0.5) is 5.82 Å². The van der Waals surface area contributed by atoms with Gasteiger partial charge < -0.3 is 5.32 Å². The Kier molecular flexibility index (Phi) is 3.43. The Morgan fingerprint density at radius 1 is 1.23 bits per heavy atom. The third-order valence-electron chi connectivity index (χ3n) is 3.85. The molecule has 0 saturated heterocycles. The molecule has 3 aromatic rings. The molecule has 6 heteroatoms. The molecule has 0 atom stereocenters. The number of anilines is 1. The van der Waals surface area contributed by atoms with E-state index in [1.165, 1.54) is 18.4 Å². The molecule has 0 radical (unpaired) electrons. The molecular weight excluding hydrogens is 319 g/mol. The summed E-state index contributed by atoms with van der Waals surface area (Å²) < 4.78 is 1.82. The summed E-state index contributed by atoms with van der Waals surface area (Å²) in [7, 11) is 0. The van der Waals surface area contributed by atoms with E-state index in [2.05, 4.69) is 15.4 Å². The fourth-order valence-corrected chi connectivity index (χ4v) is 2.99. The fraction of sp³-hybridized carbons (Fsp3) is 0.250. The summed E-state index contributed by atoms with van der Waals surface area (Å²) in [4.78, 5) is 4.43. The predicted octanol–water partition coefficient (Wildman–Crippen LogP) is 4.53. The highest BCUT2D eigenvalue weighted by atomic mass is 35.5. The van der Waals surface area contributed by atoms with E-state index in [1.807, 2.05) is 35.0 Å². The molecule has 1 aliphatic carbocycles. The van der Waals surface area contributed by atoms with Crippen LogP contribution in [0.3, 0.4) is 0 Å². The molecule has 1 aliphatic rings. The standard InChI is InChI=1S/C16H14Cl2N4/c17-12-3-1-2-10(6-12)8-19-15-7-14(18)21-16-13(11-4-5-11)9-20-22(15)16/h1-3,6-7,9,11,19H,4-5,8H2. The van der Waals surface area contributed by atoms with E-state index < -0.39 is 0 Å². The van der Waals surface area contributed by atoms with Gasteiger partial charge in [0.15, 0.2) is 5.65 Å². The van der Waals surface area contributed by atoms with Crippen molar-refractivity contribution in [3.05, 3.63) is 57.8 Å². The smallest absolute Gasteiger partial charge is 0.162 e. The van der Waals surface area contributed by atoms with Crippen molar-refractivity contribution in [2.75, 3.05) is 5.32 Å². The zero-order valence-corrected chi connectivity index (χ0v) is 13.3. The molecule has 1 aromatic carbocycles. The molecule has 2 aromatic heterocycles. The maximum absolute atomic E-state index is 6.17. The molecule has 112 valence electrons. The Balaban J connectivity index is 1.66. The van der Waals surface area contributed by atoms with Gasteiger partial charge in [0.1, 0.15) is 11.0 Å². The van der Waals surface area contributed by atoms with Gasteiger partial charge in [-0.2, -0.15) is 9.61 Å². The SMILES string of the molecule is Clc1cccc(CNc2cc(Cl)nc3c(C4CC4)cnn23)c1. The molecule has 0 spiro atoms. The highest BCUT2D eigenvalue weighted by Crippen LogP contribution is 2.42. The maximum atomic E-state index is 6.17. The molecule has 0 bridgehead atoms. The van der Waals surface area contributed by atoms with Gasteiger partial charge >= 0.3 is 0 Å². The minimum absolute atomic E-state index is 0.475. The number of nitrogens with one attached hydrogen (secondary N) is 1. The summed E-state index contributed by atoms with van der Waals surface area (Å²) in [5.74, 6) is 1.42. The van der Waals surface area contributed by atoms with E-state index >= 15 is 0 Å². The highest BCUT2D eigenvalue weighted by molar-refractivity contribution is 6.30. The van der Waals surface area contributed by atoms with Crippen LogP contribution in [-0.4, -0.2) is 14.6 Å². The number of hydrogen-bond acceptors (Lipinski definition) is 3. The topological polar surface area (TPSA) is 42.2 Å². The fourth-order valence-electron chi connectivity index (χ4n) is 2.60. The third-order valence-corrected chi connectivity index (χ3v) is 4.28. The number of hydrogen-bond donors (Lipinski definition) is 1. The van der Waals surface area contributed by atoms with Crippen LogP contribution in [0.1, 0.15) is 29.9 Å². The number of aromatic nitrogens is 3. The Bertz CT molecular complexity index is 839. The average molecular weight is 333 g/mol.